The van der Waals surface area contributed by atoms with E-state index >= 15 is 0 Å². The first-order valence-electron chi connectivity index (χ1n) is 7.75. The number of piperidine rings is 1. The van der Waals surface area contributed by atoms with E-state index in [1.54, 1.807) is 0 Å². The molecule has 2 aliphatic heterocycles. The van der Waals surface area contributed by atoms with Crippen molar-refractivity contribution in [2.45, 2.75) is 45.6 Å². The van der Waals surface area contributed by atoms with Crippen LogP contribution in [0.5, 0.6) is 0 Å². The molecule has 2 atom stereocenters. The van der Waals surface area contributed by atoms with E-state index in [-0.39, 0.29) is 5.91 Å². The summed E-state index contributed by atoms with van der Waals surface area (Å²) in [5.41, 5.74) is 0. The van der Waals surface area contributed by atoms with Gasteiger partial charge in [-0.05, 0) is 25.3 Å². The smallest absolute Gasteiger partial charge is 0.220 e. The lowest BCUT2D eigenvalue weighted by Crippen LogP contribution is -2.46. The lowest BCUT2D eigenvalue weighted by atomic mass is 9.89. The zero-order valence-electron chi connectivity index (χ0n) is 12.4. The second kappa shape index (κ2) is 7.25. The third-order valence-corrected chi connectivity index (χ3v) is 4.19. The molecular formula is C15H28N2O2. The normalized spacial score (nSPS) is 28.9. The molecule has 4 heteroatoms. The van der Waals surface area contributed by atoms with Crippen LogP contribution in [0.15, 0.2) is 0 Å². The van der Waals surface area contributed by atoms with Crippen LogP contribution in [0.1, 0.15) is 39.5 Å². The highest BCUT2D eigenvalue weighted by Gasteiger charge is 2.34. The van der Waals surface area contributed by atoms with Crippen LogP contribution in [-0.4, -0.2) is 49.7 Å². The molecule has 0 bridgehead atoms. The van der Waals surface area contributed by atoms with Crippen LogP contribution in [0.3, 0.4) is 0 Å². The lowest BCUT2D eigenvalue weighted by molar-refractivity contribution is -0.119. The summed E-state index contributed by atoms with van der Waals surface area (Å²) in [5, 5.41) is 2.97. The van der Waals surface area contributed by atoms with Crippen LogP contribution in [-0.2, 0) is 9.53 Å². The highest BCUT2D eigenvalue weighted by atomic mass is 16.5. The number of ether oxygens (including phenoxy) is 1. The fourth-order valence-electron chi connectivity index (χ4n) is 3.23. The van der Waals surface area contributed by atoms with Gasteiger partial charge in [0, 0.05) is 38.1 Å². The Bertz CT molecular complexity index is 294. The Hall–Kier alpha value is -0.610. The van der Waals surface area contributed by atoms with E-state index in [1.807, 2.05) is 0 Å². The van der Waals surface area contributed by atoms with Crippen LogP contribution in [0.4, 0.5) is 0 Å². The molecule has 1 amide bonds. The average molecular weight is 268 g/mol. The van der Waals surface area contributed by atoms with Crippen molar-refractivity contribution in [3.05, 3.63) is 0 Å². The van der Waals surface area contributed by atoms with Gasteiger partial charge in [-0.15, -0.1) is 0 Å². The third-order valence-electron chi connectivity index (χ3n) is 4.19. The average Bonchev–Trinajstić information content (AvgIpc) is 2.81. The maximum Gasteiger partial charge on any atom is 0.220 e. The number of amides is 1. The van der Waals surface area contributed by atoms with Gasteiger partial charge in [0.1, 0.15) is 0 Å². The molecule has 110 valence electrons. The van der Waals surface area contributed by atoms with E-state index < -0.39 is 0 Å². The predicted molar refractivity (Wildman–Crippen MR) is 76.0 cm³/mol. The van der Waals surface area contributed by atoms with Gasteiger partial charge in [-0.2, -0.15) is 0 Å². The van der Waals surface area contributed by atoms with Gasteiger partial charge in [-0.25, -0.2) is 0 Å². The molecule has 2 saturated heterocycles. The van der Waals surface area contributed by atoms with E-state index in [0.717, 1.165) is 26.3 Å². The highest BCUT2D eigenvalue weighted by molar-refractivity contribution is 5.78. The van der Waals surface area contributed by atoms with E-state index in [9.17, 15) is 4.79 Å². The minimum atomic E-state index is 0.228. The molecular weight excluding hydrogens is 240 g/mol. The maximum atomic E-state index is 11.4. The van der Waals surface area contributed by atoms with Gasteiger partial charge in [-0.1, -0.05) is 20.3 Å². The van der Waals surface area contributed by atoms with Crippen LogP contribution in [0.2, 0.25) is 0 Å². The summed E-state index contributed by atoms with van der Waals surface area (Å²) in [5.74, 6) is 1.35. The van der Waals surface area contributed by atoms with Crippen molar-refractivity contribution in [3.63, 3.8) is 0 Å². The first kappa shape index (κ1) is 14.8. The summed E-state index contributed by atoms with van der Waals surface area (Å²) in [6, 6.07) is 0.579. The molecule has 0 aromatic carbocycles. The number of hydrogen-bond acceptors (Lipinski definition) is 3. The van der Waals surface area contributed by atoms with Crippen molar-refractivity contribution in [1.29, 1.82) is 0 Å². The van der Waals surface area contributed by atoms with Crippen molar-refractivity contribution in [1.82, 2.24) is 10.2 Å². The fourth-order valence-corrected chi connectivity index (χ4v) is 3.23. The molecule has 4 nitrogen and oxygen atoms in total. The molecule has 0 saturated carbocycles. The number of nitrogens with zero attached hydrogens (tertiary/aromatic N) is 1. The van der Waals surface area contributed by atoms with Gasteiger partial charge in [0.15, 0.2) is 0 Å². The maximum absolute atomic E-state index is 11.4. The van der Waals surface area contributed by atoms with Crippen molar-refractivity contribution in [2.75, 3.05) is 32.8 Å². The predicted octanol–water partition coefficient (Wildman–Crippen LogP) is 1.65. The van der Waals surface area contributed by atoms with Gasteiger partial charge < -0.3 is 10.1 Å². The second-order valence-electron chi connectivity index (χ2n) is 6.34. The van der Waals surface area contributed by atoms with E-state index in [2.05, 4.69) is 24.1 Å². The SMILES string of the molecule is CC(C)COCCN1CCCC[C@H]1[C@@H]1CNC(=O)C1. The van der Waals surface area contributed by atoms with Crippen LogP contribution < -0.4 is 5.32 Å². The molecule has 2 fully saturated rings. The Kier molecular flexibility index (Phi) is 5.64. The third kappa shape index (κ3) is 4.46. The first-order valence-corrected chi connectivity index (χ1v) is 7.75. The molecule has 1 N–H and O–H groups in total. The zero-order chi connectivity index (χ0) is 13.7. The van der Waals surface area contributed by atoms with E-state index in [0.29, 0.717) is 24.3 Å². The number of carbonyl (C=O) groups is 1. The summed E-state index contributed by atoms with van der Waals surface area (Å²) in [6.45, 7) is 9.08. The summed E-state index contributed by atoms with van der Waals surface area (Å²) in [4.78, 5) is 13.9. The van der Waals surface area contributed by atoms with Crippen molar-refractivity contribution in [3.8, 4) is 0 Å². The highest BCUT2D eigenvalue weighted by Crippen LogP contribution is 2.27. The Morgan fingerprint density at radius 2 is 2.26 bits per heavy atom. The van der Waals surface area contributed by atoms with Crippen LogP contribution >= 0.6 is 0 Å². The topological polar surface area (TPSA) is 41.6 Å². The molecule has 2 rings (SSSR count). The van der Waals surface area contributed by atoms with Crippen molar-refractivity contribution in [2.24, 2.45) is 11.8 Å². The summed E-state index contributed by atoms with van der Waals surface area (Å²) >= 11 is 0. The standard InChI is InChI=1S/C15H28N2O2/c1-12(2)11-19-8-7-17-6-4-3-5-14(17)13-9-15(18)16-10-13/h12-14H,3-11H2,1-2H3,(H,16,18)/t13-,14-/m0/s1. The number of rotatable bonds is 6. The Balaban J connectivity index is 1.77. The number of carbonyl (C=O) groups excluding carboxylic acids is 1. The van der Waals surface area contributed by atoms with Crippen LogP contribution in [0, 0.1) is 11.8 Å². The molecule has 0 spiro atoms. The molecule has 2 aliphatic rings. The first-order chi connectivity index (χ1) is 9.16. The van der Waals surface area contributed by atoms with Gasteiger partial charge >= 0.3 is 0 Å². The summed E-state index contributed by atoms with van der Waals surface area (Å²) in [6.07, 6.45) is 4.55. The van der Waals surface area contributed by atoms with E-state index in [1.165, 1.54) is 25.8 Å². The second-order valence-corrected chi connectivity index (χ2v) is 6.34. The molecule has 19 heavy (non-hydrogen) atoms. The molecule has 0 unspecified atom stereocenters. The molecule has 0 aromatic rings. The number of likely N-dealkylation sites (tertiary alicyclic amines) is 1. The zero-order valence-corrected chi connectivity index (χ0v) is 12.4. The largest absolute Gasteiger partial charge is 0.380 e. The molecule has 0 radical (unpaired) electrons. The van der Waals surface area contributed by atoms with Gasteiger partial charge in [0.2, 0.25) is 5.91 Å². The Morgan fingerprint density at radius 1 is 1.42 bits per heavy atom. The van der Waals surface area contributed by atoms with E-state index in [4.69, 9.17) is 4.74 Å². The number of nitrogens with one attached hydrogen (secondary N) is 1. The fraction of sp³-hybridized carbons (Fsp3) is 0.933. The van der Waals surface area contributed by atoms with Gasteiger partial charge in [-0.3, -0.25) is 9.69 Å². The van der Waals surface area contributed by atoms with Gasteiger partial charge in [0.25, 0.3) is 0 Å². The Morgan fingerprint density at radius 3 is 2.95 bits per heavy atom. The monoisotopic (exact) mass is 268 g/mol. The van der Waals surface area contributed by atoms with Crippen LogP contribution in [0.25, 0.3) is 0 Å². The quantitative estimate of drug-likeness (QED) is 0.745. The summed E-state index contributed by atoms with van der Waals surface area (Å²) in [7, 11) is 0. The van der Waals surface area contributed by atoms with Crippen molar-refractivity contribution >= 4 is 5.91 Å². The minimum Gasteiger partial charge on any atom is -0.380 e. The lowest BCUT2D eigenvalue weighted by Gasteiger charge is -2.38. The summed E-state index contributed by atoms with van der Waals surface area (Å²) < 4.78 is 5.71. The van der Waals surface area contributed by atoms with Gasteiger partial charge in [0.05, 0.1) is 6.61 Å². The minimum absolute atomic E-state index is 0.228. The molecule has 0 aliphatic carbocycles. The molecule has 0 aromatic heterocycles. The Labute approximate surface area is 116 Å². The number of hydrogen-bond donors (Lipinski definition) is 1. The molecule has 2 heterocycles. The van der Waals surface area contributed by atoms with Crippen molar-refractivity contribution < 1.29 is 9.53 Å².